The lowest BCUT2D eigenvalue weighted by atomic mass is 9.94. The Hall–Kier alpha value is -2.08. The monoisotopic (exact) mass is 348 g/mol. The third kappa shape index (κ3) is 5.46. The van der Waals surface area contributed by atoms with Crippen molar-refractivity contribution < 1.29 is 19.1 Å². The zero-order chi connectivity index (χ0) is 18.4. The van der Waals surface area contributed by atoms with Gasteiger partial charge in [-0.3, -0.25) is 9.69 Å². The molecule has 1 aromatic rings. The number of ether oxygens (including phenoxy) is 2. The molecule has 1 heterocycles. The van der Waals surface area contributed by atoms with E-state index in [1.165, 1.54) is 4.90 Å². The van der Waals surface area contributed by atoms with Crippen LogP contribution in [-0.4, -0.2) is 48.8 Å². The summed E-state index contributed by atoms with van der Waals surface area (Å²) in [6, 6.07) is 7.33. The number of amides is 2. The maximum atomic E-state index is 12.7. The number of rotatable bonds is 5. The number of carbonyl (C=O) groups is 2. The predicted molar refractivity (Wildman–Crippen MR) is 95.2 cm³/mol. The van der Waals surface area contributed by atoms with E-state index in [4.69, 9.17) is 9.47 Å². The fraction of sp³-hybridized carbons (Fsp3) is 0.579. The molecule has 6 nitrogen and oxygen atoms in total. The Morgan fingerprint density at radius 3 is 2.56 bits per heavy atom. The minimum atomic E-state index is -0.604. The van der Waals surface area contributed by atoms with Gasteiger partial charge in [-0.05, 0) is 38.3 Å². The normalized spacial score (nSPS) is 17.0. The summed E-state index contributed by atoms with van der Waals surface area (Å²) in [4.78, 5) is 26.8. The second kappa shape index (κ2) is 8.34. The molecule has 0 spiro atoms. The van der Waals surface area contributed by atoms with Crippen LogP contribution in [0, 0.1) is 0 Å². The first-order valence-corrected chi connectivity index (χ1v) is 8.65. The zero-order valence-corrected chi connectivity index (χ0v) is 15.5. The van der Waals surface area contributed by atoms with Crippen LogP contribution in [0.2, 0.25) is 0 Å². The number of fused-ring (bicyclic) bond motifs is 1. The number of nitrogens with zero attached hydrogens (tertiary/aromatic N) is 1. The summed E-state index contributed by atoms with van der Waals surface area (Å²) in [5.41, 5.74) is 1.55. The van der Waals surface area contributed by atoms with Crippen LogP contribution < -0.4 is 5.32 Å². The van der Waals surface area contributed by atoms with Crippen molar-refractivity contribution in [1.29, 1.82) is 0 Å². The maximum Gasteiger partial charge on any atom is 0.411 e. The molecular formula is C19H28N2O4. The highest BCUT2D eigenvalue weighted by molar-refractivity contribution is 5.86. The average molecular weight is 348 g/mol. The third-order valence-electron chi connectivity index (χ3n) is 4.00. The molecule has 0 unspecified atom stereocenters. The Balaban J connectivity index is 2.14. The minimum Gasteiger partial charge on any atom is -0.444 e. The van der Waals surface area contributed by atoms with Crippen molar-refractivity contribution >= 4 is 12.0 Å². The van der Waals surface area contributed by atoms with Crippen LogP contribution in [0.25, 0.3) is 0 Å². The highest BCUT2D eigenvalue weighted by Gasteiger charge is 2.36. The van der Waals surface area contributed by atoms with Crippen LogP contribution in [-0.2, 0) is 27.2 Å². The Morgan fingerprint density at radius 1 is 1.24 bits per heavy atom. The molecule has 1 N–H and O–H groups in total. The summed E-state index contributed by atoms with van der Waals surface area (Å²) in [5, 5.41) is 2.90. The van der Waals surface area contributed by atoms with Crippen molar-refractivity contribution in [2.24, 2.45) is 0 Å². The molecule has 2 amide bonds. The molecule has 1 aliphatic rings. The van der Waals surface area contributed by atoms with Gasteiger partial charge in [-0.15, -0.1) is 0 Å². The topological polar surface area (TPSA) is 67.9 Å². The van der Waals surface area contributed by atoms with E-state index in [-0.39, 0.29) is 5.91 Å². The Morgan fingerprint density at radius 2 is 1.92 bits per heavy atom. The molecule has 2 rings (SSSR count). The smallest absolute Gasteiger partial charge is 0.411 e. The summed E-state index contributed by atoms with van der Waals surface area (Å²) in [6.07, 6.45) is 0.766. The Labute approximate surface area is 149 Å². The van der Waals surface area contributed by atoms with Gasteiger partial charge >= 0.3 is 6.09 Å². The molecule has 0 fully saturated rings. The number of nitrogens with one attached hydrogen (secondary N) is 1. The van der Waals surface area contributed by atoms with Crippen molar-refractivity contribution in [1.82, 2.24) is 10.2 Å². The SMILES string of the molecule is COCCCNC(=O)[C@@H]1Cc2ccccc2CN1C(=O)OC(C)(C)C. The lowest BCUT2D eigenvalue weighted by Gasteiger charge is -2.36. The summed E-state index contributed by atoms with van der Waals surface area (Å²) in [6.45, 7) is 6.95. The number of hydrogen-bond acceptors (Lipinski definition) is 4. The number of benzene rings is 1. The first-order valence-electron chi connectivity index (χ1n) is 8.65. The largest absolute Gasteiger partial charge is 0.444 e. The molecular weight excluding hydrogens is 320 g/mol. The molecule has 25 heavy (non-hydrogen) atoms. The number of hydrogen-bond donors (Lipinski definition) is 1. The van der Waals surface area contributed by atoms with Gasteiger partial charge < -0.3 is 14.8 Å². The lowest BCUT2D eigenvalue weighted by Crippen LogP contribution is -2.53. The van der Waals surface area contributed by atoms with Gasteiger partial charge in [0.1, 0.15) is 11.6 Å². The van der Waals surface area contributed by atoms with E-state index in [1.54, 1.807) is 7.11 Å². The predicted octanol–water partition coefficient (Wildman–Crippen LogP) is 2.50. The van der Waals surface area contributed by atoms with Gasteiger partial charge in [0.2, 0.25) is 5.91 Å². The molecule has 1 aromatic carbocycles. The van der Waals surface area contributed by atoms with Gasteiger partial charge in [-0.25, -0.2) is 4.79 Å². The molecule has 1 aliphatic heterocycles. The number of carbonyl (C=O) groups excluding carboxylic acids is 2. The van der Waals surface area contributed by atoms with Crippen molar-refractivity contribution in [2.45, 2.75) is 51.8 Å². The molecule has 6 heteroatoms. The van der Waals surface area contributed by atoms with Crippen LogP contribution in [0.5, 0.6) is 0 Å². The lowest BCUT2D eigenvalue weighted by molar-refractivity contribution is -0.127. The van der Waals surface area contributed by atoms with Crippen molar-refractivity contribution in [2.75, 3.05) is 20.3 Å². The average Bonchev–Trinajstić information content (AvgIpc) is 2.55. The van der Waals surface area contributed by atoms with E-state index in [1.807, 2.05) is 45.0 Å². The molecule has 0 bridgehead atoms. The second-order valence-corrected chi connectivity index (χ2v) is 7.23. The molecule has 0 saturated carbocycles. The zero-order valence-electron chi connectivity index (χ0n) is 15.5. The maximum absolute atomic E-state index is 12.7. The fourth-order valence-corrected chi connectivity index (χ4v) is 2.82. The van der Waals surface area contributed by atoms with Gasteiger partial charge in [0, 0.05) is 26.7 Å². The third-order valence-corrected chi connectivity index (χ3v) is 4.00. The Bertz CT molecular complexity index is 610. The molecule has 138 valence electrons. The van der Waals surface area contributed by atoms with E-state index < -0.39 is 17.7 Å². The van der Waals surface area contributed by atoms with Crippen LogP contribution in [0.4, 0.5) is 4.79 Å². The fourth-order valence-electron chi connectivity index (χ4n) is 2.82. The van der Waals surface area contributed by atoms with Gasteiger partial charge in [0.05, 0.1) is 6.54 Å². The van der Waals surface area contributed by atoms with Crippen molar-refractivity contribution in [3.63, 3.8) is 0 Å². The van der Waals surface area contributed by atoms with Gasteiger partial charge in [-0.1, -0.05) is 24.3 Å². The van der Waals surface area contributed by atoms with Crippen LogP contribution in [0.1, 0.15) is 38.3 Å². The van der Waals surface area contributed by atoms with Gasteiger partial charge in [0.15, 0.2) is 0 Å². The van der Waals surface area contributed by atoms with E-state index in [9.17, 15) is 9.59 Å². The Kier molecular flexibility index (Phi) is 6.42. The molecule has 0 saturated heterocycles. The van der Waals surface area contributed by atoms with Crippen LogP contribution in [0.15, 0.2) is 24.3 Å². The summed E-state index contributed by atoms with van der Waals surface area (Å²) < 4.78 is 10.5. The highest BCUT2D eigenvalue weighted by Crippen LogP contribution is 2.25. The van der Waals surface area contributed by atoms with Gasteiger partial charge in [-0.2, -0.15) is 0 Å². The minimum absolute atomic E-state index is 0.156. The quantitative estimate of drug-likeness (QED) is 0.830. The first-order chi connectivity index (χ1) is 11.8. The van der Waals surface area contributed by atoms with E-state index in [0.29, 0.717) is 26.1 Å². The van der Waals surface area contributed by atoms with Crippen molar-refractivity contribution in [3.05, 3.63) is 35.4 Å². The molecule has 0 radical (unpaired) electrons. The molecule has 1 atom stereocenters. The van der Waals surface area contributed by atoms with E-state index in [2.05, 4.69) is 5.32 Å². The standard InChI is InChI=1S/C19H28N2O4/c1-19(2,3)25-18(23)21-13-15-9-6-5-8-14(15)12-16(21)17(22)20-10-7-11-24-4/h5-6,8-9,16H,7,10-13H2,1-4H3,(H,20,22)/t16-/m0/s1. The van der Waals surface area contributed by atoms with E-state index in [0.717, 1.165) is 17.5 Å². The van der Waals surface area contributed by atoms with Crippen molar-refractivity contribution in [3.8, 4) is 0 Å². The van der Waals surface area contributed by atoms with Gasteiger partial charge in [0.25, 0.3) is 0 Å². The van der Waals surface area contributed by atoms with Crippen LogP contribution >= 0.6 is 0 Å². The summed E-state index contributed by atoms with van der Waals surface area (Å²) in [7, 11) is 1.63. The molecule has 0 aliphatic carbocycles. The second-order valence-electron chi connectivity index (χ2n) is 7.23. The summed E-state index contributed by atoms with van der Waals surface area (Å²) >= 11 is 0. The number of methoxy groups -OCH3 is 1. The summed E-state index contributed by atoms with van der Waals surface area (Å²) in [5.74, 6) is -0.156. The highest BCUT2D eigenvalue weighted by atomic mass is 16.6. The van der Waals surface area contributed by atoms with Crippen LogP contribution in [0.3, 0.4) is 0 Å². The first kappa shape index (κ1) is 19.2. The van der Waals surface area contributed by atoms with E-state index >= 15 is 0 Å². The molecule has 0 aromatic heterocycles.